The number of esters is 1. The van der Waals surface area contributed by atoms with Crippen LogP contribution in [0.25, 0.3) is 0 Å². The van der Waals surface area contributed by atoms with Crippen molar-refractivity contribution in [3.8, 4) is 0 Å². The summed E-state index contributed by atoms with van der Waals surface area (Å²) >= 11 is -0.702. The van der Waals surface area contributed by atoms with Crippen molar-refractivity contribution >= 4 is 27.1 Å². The van der Waals surface area contributed by atoms with E-state index >= 15 is 0 Å². The SMILES string of the molecule is CC(=O)OC1=[CH][SnH2][CH]=C1. The molecule has 1 aliphatic rings. The Morgan fingerprint density at radius 3 is 3.00 bits per heavy atom. The van der Waals surface area contributed by atoms with E-state index in [-0.39, 0.29) is 5.97 Å². The summed E-state index contributed by atoms with van der Waals surface area (Å²) in [6.45, 7) is 1.42. The Hall–Kier alpha value is -0.251. The van der Waals surface area contributed by atoms with Crippen molar-refractivity contribution < 1.29 is 9.53 Å². The molecule has 1 rings (SSSR count). The van der Waals surface area contributed by atoms with Crippen LogP contribution < -0.4 is 0 Å². The van der Waals surface area contributed by atoms with Crippen LogP contribution in [0.5, 0.6) is 0 Å². The zero-order chi connectivity index (χ0) is 6.69. The van der Waals surface area contributed by atoms with E-state index in [1.165, 1.54) is 6.92 Å². The first-order valence-electron chi connectivity index (χ1n) is 2.84. The number of rotatable bonds is 1. The first kappa shape index (κ1) is 6.86. The molecule has 0 saturated heterocycles. The third-order valence-electron chi connectivity index (χ3n) is 0.999. The molecule has 0 atom stereocenters. The van der Waals surface area contributed by atoms with E-state index in [1.807, 2.05) is 6.08 Å². The molecule has 0 aliphatic carbocycles. The fraction of sp³-hybridized carbons (Fsp3) is 0.167. The molecule has 0 bridgehead atoms. The second-order valence-electron chi connectivity index (χ2n) is 1.84. The Labute approximate surface area is 63.8 Å². The van der Waals surface area contributed by atoms with E-state index < -0.39 is 21.1 Å². The van der Waals surface area contributed by atoms with Crippen LogP contribution in [-0.2, 0) is 9.53 Å². The summed E-state index contributed by atoms with van der Waals surface area (Å²) in [5.41, 5.74) is 0. The summed E-state index contributed by atoms with van der Waals surface area (Å²) in [5.74, 6) is 0.539. The molecule has 0 N–H and O–H groups in total. The molecule has 0 fully saturated rings. The van der Waals surface area contributed by atoms with Crippen molar-refractivity contribution in [1.82, 2.24) is 0 Å². The van der Waals surface area contributed by atoms with Crippen molar-refractivity contribution in [2.45, 2.75) is 6.92 Å². The minimum absolute atomic E-state index is 0.223. The second kappa shape index (κ2) is 3.05. The molecular weight excluding hydrogens is 223 g/mol. The van der Waals surface area contributed by atoms with Crippen LogP contribution in [0.3, 0.4) is 0 Å². The Balaban J connectivity index is 2.45. The number of hydrogen-bond acceptors (Lipinski definition) is 2. The maximum atomic E-state index is 10.3. The first-order valence-corrected chi connectivity index (χ1v) is 7.50. The van der Waals surface area contributed by atoms with Gasteiger partial charge in [-0.3, -0.25) is 0 Å². The molecule has 0 spiro atoms. The third kappa shape index (κ3) is 2.22. The van der Waals surface area contributed by atoms with Gasteiger partial charge in [-0.1, -0.05) is 0 Å². The standard InChI is InChI=1S/C6H6O2.Sn.2H/c1-4-5(2)8-6(3)7;;;/h1-2,4H,3H3;;;. The molecule has 0 unspecified atom stereocenters. The van der Waals surface area contributed by atoms with Gasteiger partial charge in [0.25, 0.3) is 0 Å². The van der Waals surface area contributed by atoms with E-state index in [9.17, 15) is 4.79 Å². The molecule has 9 heavy (non-hydrogen) atoms. The summed E-state index contributed by atoms with van der Waals surface area (Å²) in [6, 6.07) is 0. The van der Waals surface area contributed by atoms with Crippen LogP contribution in [0.2, 0.25) is 0 Å². The van der Waals surface area contributed by atoms with Crippen LogP contribution in [0.4, 0.5) is 0 Å². The molecule has 0 saturated carbocycles. The normalized spacial score (nSPS) is 18.1. The van der Waals surface area contributed by atoms with Gasteiger partial charge in [0.2, 0.25) is 0 Å². The van der Waals surface area contributed by atoms with Gasteiger partial charge >= 0.3 is 63.6 Å². The summed E-state index contributed by atoms with van der Waals surface area (Å²) in [6.07, 6.45) is 1.89. The molecule has 0 amide bonds. The summed E-state index contributed by atoms with van der Waals surface area (Å²) in [4.78, 5) is 10.3. The topological polar surface area (TPSA) is 26.3 Å². The molecular formula is C6H8O2Sn. The predicted octanol–water partition coefficient (Wildman–Crippen LogP) is 0.0870. The Bertz CT molecular complexity index is 181. The van der Waals surface area contributed by atoms with Crippen molar-refractivity contribution in [1.29, 1.82) is 0 Å². The first-order chi connectivity index (χ1) is 4.29. The van der Waals surface area contributed by atoms with Gasteiger partial charge in [-0.15, -0.1) is 0 Å². The van der Waals surface area contributed by atoms with Crippen molar-refractivity contribution in [3.63, 3.8) is 0 Å². The number of carbonyl (C=O) groups is 1. The quantitative estimate of drug-likeness (QED) is 0.472. The van der Waals surface area contributed by atoms with Gasteiger partial charge in [0.05, 0.1) is 0 Å². The molecule has 1 heterocycles. The average molecular weight is 231 g/mol. The number of hydrogen-bond donors (Lipinski definition) is 0. The van der Waals surface area contributed by atoms with Crippen LogP contribution in [0.15, 0.2) is 20.0 Å². The fourth-order valence-corrected chi connectivity index (χ4v) is 3.41. The molecule has 48 valence electrons. The van der Waals surface area contributed by atoms with Gasteiger partial charge in [0.1, 0.15) is 0 Å². The maximum absolute atomic E-state index is 10.3. The Kier molecular flexibility index (Phi) is 2.33. The summed E-state index contributed by atoms with van der Waals surface area (Å²) in [7, 11) is 0. The Morgan fingerprint density at radius 1 is 1.78 bits per heavy atom. The van der Waals surface area contributed by atoms with Gasteiger partial charge in [-0.2, -0.15) is 0 Å². The second-order valence-corrected chi connectivity index (χ2v) is 5.69. The van der Waals surface area contributed by atoms with Gasteiger partial charge in [0, 0.05) is 0 Å². The summed E-state index contributed by atoms with van der Waals surface area (Å²) < 4.78 is 9.02. The fourth-order valence-electron chi connectivity index (χ4n) is 0.678. The van der Waals surface area contributed by atoms with E-state index in [2.05, 4.69) is 8.18 Å². The van der Waals surface area contributed by atoms with Gasteiger partial charge in [-0.25, -0.2) is 0 Å². The predicted molar refractivity (Wildman–Crippen MR) is 37.5 cm³/mol. The Morgan fingerprint density at radius 2 is 2.56 bits per heavy atom. The van der Waals surface area contributed by atoms with E-state index in [0.717, 1.165) is 5.76 Å². The molecule has 2 nitrogen and oxygen atoms in total. The molecule has 3 heteroatoms. The monoisotopic (exact) mass is 232 g/mol. The zero-order valence-corrected chi connectivity index (χ0v) is 9.29. The van der Waals surface area contributed by atoms with E-state index in [4.69, 9.17) is 4.74 Å². The van der Waals surface area contributed by atoms with Crippen LogP contribution in [0, 0.1) is 0 Å². The molecule has 1 aliphatic heterocycles. The van der Waals surface area contributed by atoms with Gasteiger partial charge in [-0.05, 0) is 0 Å². The average Bonchev–Trinajstić information content (AvgIpc) is 2.15. The van der Waals surface area contributed by atoms with E-state index in [1.54, 1.807) is 0 Å². The molecule has 0 aromatic carbocycles. The van der Waals surface area contributed by atoms with Crippen molar-refractivity contribution in [2.24, 2.45) is 0 Å². The zero-order valence-electron chi connectivity index (χ0n) is 5.26. The van der Waals surface area contributed by atoms with E-state index in [0.29, 0.717) is 0 Å². The molecule has 0 aromatic heterocycles. The van der Waals surface area contributed by atoms with Crippen molar-refractivity contribution in [3.05, 3.63) is 20.0 Å². The molecule has 0 aromatic rings. The molecule has 0 radical (unpaired) electrons. The third-order valence-corrected chi connectivity index (χ3v) is 4.27. The summed E-state index contributed by atoms with van der Waals surface area (Å²) in [5, 5.41) is 0. The van der Waals surface area contributed by atoms with Crippen molar-refractivity contribution in [2.75, 3.05) is 0 Å². The van der Waals surface area contributed by atoms with Gasteiger partial charge in [0.15, 0.2) is 0 Å². The number of allylic oxidation sites excluding steroid dienone is 1. The van der Waals surface area contributed by atoms with Crippen LogP contribution in [0.1, 0.15) is 6.92 Å². The van der Waals surface area contributed by atoms with Crippen LogP contribution in [-0.4, -0.2) is 27.1 Å². The minimum atomic E-state index is -0.702. The van der Waals surface area contributed by atoms with Gasteiger partial charge < -0.3 is 0 Å². The number of carbonyl (C=O) groups excluding carboxylic acids is 1. The number of ether oxygens (including phenoxy) is 1. The van der Waals surface area contributed by atoms with Crippen LogP contribution >= 0.6 is 0 Å².